The fraction of sp³-hybridized carbons (Fsp3) is 0.625. The topological polar surface area (TPSA) is 21.3 Å². The highest BCUT2D eigenvalue weighted by molar-refractivity contribution is 5.32. The molecule has 2 heteroatoms. The Morgan fingerprint density at radius 1 is 1.11 bits per heavy atom. The molecule has 0 heterocycles. The summed E-state index contributed by atoms with van der Waals surface area (Å²) in [6.45, 7) is 0. The van der Waals surface area contributed by atoms with Crippen molar-refractivity contribution in [1.29, 1.82) is 0 Å². The average Bonchev–Trinajstić information content (AvgIpc) is 2.86. The minimum absolute atomic E-state index is 0.735. The lowest BCUT2D eigenvalue weighted by molar-refractivity contribution is 0.264. The summed E-state index contributed by atoms with van der Waals surface area (Å²) in [6, 6.07) is 10.1. The van der Waals surface area contributed by atoms with Gasteiger partial charge in [-0.05, 0) is 49.3 Å². The van der Waals surface area contributed by atoms with Crippen LogP contribution in [0.2, 0.25) is 0 Å². The van der Waals surface area contributed by atoms with Crippen LogP contribution < -0.4 is 10.1 Å². The van der Waals surface area contributed by atoms with Crippen molar-refractivity contribution in [2.24, 2.45) is 0 Å². The first-order valence-electron chi connectivity index (χ1n) is 7.25. The fourth-order valence-electron chi connectivity index (χ4n) is 3.35. The van der Waals surface area contributed by atoms with E-state index in [2.05, 4.69) is 23.5 Å². The molecule has 2 aliphatic carbocycles. The maximum atomic E-state index is 5.29. The van der Waals surface area contributed by atoms with Gasteiger partial charge in [-0.3, -0.25) is 0 Å². The van der Waals surface area contributed by atoms with Crippen LogP contribution in [0.5, 0.6) is 5.75 Å². The second kappa shape index (κ2) is 5.31. The Labute approximate surface area is 110 Å². The quantitative estimate of drug-likeness (QED) is 0.877. The van der Waals surface area contributed by atoms with E-state index in [1.54, 1.807) is 7.11 Å². The van der Waals surface area contributed by atoms with Gasteiger partial charge < -0.3 is 10.1 Å². The molecule has 2 aliphatic rings. The smallest absolute Gasteiger partial charge is 0.119 e. The van der Waals surface area contributed by atoms with Crippen molar-refractivity contribution in [1.82, 2.24) is 5.32 Å². The Kier molecular flexibility index (Phi) is 3.55. The molecule has 0 unspecified atom stereocenters. The Morgan fingerprint density at radius 2 is 1.89 bits per heavy atom. The van der Waals surface area contributed by atoms with Crippen molar-refractivity contribution >= 4 is 0 Å². The van der Waals surface area contributed by atoms with E-state index in [-0.39, 0.29) is 0 Å². The zero-order valence-electron chi connectivity index (χ0n) is 11.2. The summed E-state index contributed by atoms with van der Waals surface area (Å²) in [5.74, 6) is 1.72. The van der Waals surface area contributed by atoms with Crippen molar-refractivity contribution in [3.63, 3.8) is 0 Å². The molecule has 98 valence electrons. The average molecular weight is 245 g/mol. The van der Waals surface area contributed by atoms with E-state index >= 15 is 0 Å². The summed E-state index contributed by atoms with van der Waals surface area (Å²) in [5, 5.41) is 3.81. The minimum Gasteiger partial charge on any atom is -0.497 e. The molecule has 1 aromatic carbocycles. The Hall–Kier alpha value is -1.02. The molecule has 2 fully saturated rings. The van der Waals surface area contributed by atoms with Gasteiger partial charge in [0.25, 0.3) is 0 Å². The van der Waals surface area contributed by atoms with Gasteiger partial charge in [0.2, 0.25) is 0 Å². The standard InChI is InChI=1S/C16H23NO/c1-18-16-8-4-5-12(11-16)13-9-15(10-13)17-14-6-2-3-7-14/h4-5,8,11,13-15,17H,2-3,6-7,9-10H2,1H3. The molecule has 2 nitrogen and oxygen atoms in total. The van der Waals surface area contributed by atoms with Crippen LogP contribution in [-0.4, -0.2) is 19.2 Å². The van der Waals surface area contributed by atoms with Crippen molar-refractivity contribution in [3.8, 4) is 5.75 Å². The van der Waals surface area contributed by atoms with Crippen molar-refractivity contribution in [2.45, 2.75) is 56.5 Å². The highest BCUT2D eigenvalue weighted by atomic mass is 16.5. The van der Waals surface area contributed by atoms with Crippen LogP contribution in [0.1, 0.15) is 50.0 Å². The lowest BCUT2D eigenvalue weighted by Gasteiger charge is -2.38. The number of ether oxygens (including phenoxy) is 1. The SMILES string of the molecule is COc1cccc(C2CC(NC3CCCC3)C2)c1. The van der Waals surface area contributed by atoms with Gasteiger partial charge in [0.15, 0.2) is 0 Å². The molecule has 18 heavy (non-hydrogen) atoms. The molecule has 0 aliphatic heterocycles. The highest BCUT2D eigenvalue weighted by Gasteiger charge is 2.32. The molecule has 0 saturated heterocycles. The number of rotatable bonds is 4. The monoisotopic (exact) mass is 245 g/mol. The van der Waals surface area contributed by atoms with E-state index in [1.807, 2.05) is 6.07 Å². The number of methoxy groups -OCH3 is 1. The van der Waals surface area contributed by atoms with Gasteiger partial charge in [-0.2, -0.15) is 0 Å². The largest absolute Gasteiger partial charge is 0.497 e. The fourth-order valence-corrected chi connectivity index (χ4v) is 3.35. The summed E-state index contributed by atoms with van der Waals surface area (Å²) in [7, 11) is 1.74. The van der Waals surface area contributed by atoms with Gasteiger partial charge >= 0.3 is 0 Å². The van der Waals surface area contributed by atoms with Gasteiger partial charge in [0, 0.05) is 12.1 Å². The first-order valence-corrected chi connectivity index (χ1v) is 7.25. The Balaban J connectivity index is 1.51. The lowest BCUT2D eigenvalue weighted by atomic mass is 9.75. The maximum absolute atomic E-state index is 5.29. The van der Waals surface area contributed by atoms with Crippen LogP contribution in [0, 0.1) is 0 Å². The normalized spacial score (nSPS) is 28.1. The summed E-state index contributed by atoms with van der Waals surface area (Å²) >= 11 is 0. The van der Waals surface area contributed by atoms with Gasteiger partial charge in [0.05, 0.1) is 7.11 Å². The predicted molar refractivity (Wildman–Crippen MR) is 74.1 cm³/mol. The van der Waals surface area contributed by atoms with Gasteiger partial charge in [-0.1, -0.05) is 25.0 Å². The zero-order chi connectivity index (χ0) is 12.4. The Bertz CT molecular complexity index is 392. The molecule has 0 radical (unpaired) electrons. The molecule has 2 saturated carbocycles. The molecule has 1 aromatic rings. The molecule has 0 bridgehead atoms. The third-order valence-electron chi connectivity index (χ3n) is 4.53. The van der Waals surface area contributed by atoms with E-state index in [0.717, 1.165) is 23.8 Å². The van der Waals surface area contributed by atoms with Crippen LogP contribution in [-0.2, 0) is 0 Å². The van der Waals surface area contributed by atoms with Crippen molar-refractivity contribution in [2.75, 3.05) is 7.11 Å². The maximum Gasteiger partial charge on any atom is 0.119 e. The lowest BCUT2D eigenvalue weighted by Crippen LogP contribution is -2.44. The summed E-state index contributed by atoms with van der Waals surface area (Å²) in [6.07, 6.45) is 8.21. The molecule has 0 amide bonds. The molecule has 0 spiro atoms. The summed E-state index contributed by atoms with van der Waals surface area (Å²) < 4.78 is 5.29. The second-order valence-corrected chi connectivity index (χ2v) is 5.79. The summed E-state index contributed by atoms with van der Waals surface area (Å²) in [4.78, 5) is 0. The molecular weight excluding hydrogens is 222 g/mol. The van der Waals surface area contributed by atoms with Crippen molar-refractivity contribution < 1.29 is 4.74 Å². The first kappa shape index (κ1) is 12.0. The van der Waals surface area contributed by atoms with Crippen LogP contribution in [0.4, 0.5) is 0 Å². The van der Waals surface area contributed by atoms with Crippen molar-refractivity contribution in [3.05, 3.63) is 29.8 Å². The van der Waals surface area contributed by atoms with Gasteiger partial charge in [-0.15, -0.1) is 0 Å². The molecule has 0 atom stereocenters. The number of hydrogen-bond donors (Lipinski definition) is 1. The van der Waals surface area contributed by atoms with Gasteiger partial charge in [0.1, 0.15) is 5.75 Å². The van der Waals surface area contributed by atoms with E-state index in [9.17, 15) is 0 Å². The first-order chi connectivity index (χ1) is 8.85. The number of benzene rings is 1. The van der Waals surface area contributed by atoms with E-state index in [1.165, 1.54) is 44.1 Å². The Morgan fingerprint density at radius 3 is 2.61 bits per heavy atom. The predicted octanol–water partition coefficient (Wildman–Crippen LogP) is 3.47. The van der Waals surface area contributed by atoms with Crippen LogP contribution in [0.3, 0.4) is 0 Å². The highest BCUT2D eigenvalue weighted by Crippen LogP contribution is 2.38. The van der Waals surface area contributed by atoms with Crippen LogP contribution >= 0.6 is 0 Å². The molecule has 1 N–H and O–H groups in total. The number of nitrogens with one attached hydrogen (secondary N) is 1. The van der Waals surface area contributed by atoms with Crippen LogP contribution in [0.25, 0.3) is 0 Å². The molecular formula is C16H23NO. The third kappa shape index (κ3) is 2.54. The summed E-state index contributed by atoms with van der Waals surface area (Å²) in [5.41, 5.74) is 1.44. The van der Waals surface area contributed by atoms with E-state index < -0.39 is 0 Å². The van der Waals surface area contributed by atoms with E-state index in [4.69, 9.17) is 4.74 Å². The minimum atomic E-state index is 0.735. The van der Waals surface area contributed by atoms with E-state index in [0.29, 0.717) is 0 Å². The third-order valence-corrected chi connectivity index (χ3v) is 4.53. The molecule has 0 aromatic heterocycles. The number of hydrogen-bond acceptors (Lipinski definition) is 2. The molecule has 3 rings (SSSR count). The second-order valence-electron chi connectivity index (χ2n) is 5.79. The zero-order valence-corrected chi connectivity index (χ0v) is 11.2. The van der Waals surface area contributed by atoms with Gasteiger partial charge in [-0.25, -0.2) is 0 Å². The van der Waals surface area contributed by atoms with Crippen LogP contribution in [0.15, 0.2) is 24.3 Å².